The van der Waals surface area contributed by atoms with Gasteiger partial charge in [-0.05, 0) is 172 Å². The van der Waals surface area contributed by atoms with Crippen molar-refractivity contribution in [3.05, 3.63) is 449 Å². The van der Waals surface area contributed by atoms with E-state index in [1.165, 1.54) is 91.6 Å². The zero-order valence-corrected chi connectivity index (χ0v) is 88.2. The first-order chi connectivity index (χ1) is 67.0. The van der Waals surface area contributed by atoms with Crippen LogP contribution in [0.3, 0.4) is 0 Å². The third kappa shape index (κ3) is 35.4. The number of aromatic nitrogens is 15. The number of pyridine rings is 5. The molecule has 0 aliphatic carbocycles. The second-order valence-electron chi connectivity index (χ2n) is 28.7. The number of carboxylic acid groups (broad SMARTS) is 5. The van der Waals surface area contributed by atoms with Gasteiger partial charge in [0.25, 0.3) is 0 Å². The Morgan fingerprint density at radius 2 is 0.493 bits per heavy atom. The van der Waals surface area contributed by atoms with Crippen molar-refractivity contribution >= 4 is 96.6 Å². The van der Waals surface area contributed by atoms with Gasteiger partial charge >= 0.3 is 36.0 Å². The van der Waals surface area contributed by atoms with Gasteiger partial charge in [0.15, 0.2) is 0 Å². The fraction of sp³-hybridized carbons (Fsp3) is 0.0561. The summed E-state index contributed by atoms with van der Waals surface area (Å²) in [5.74, 6) is -5.55. The van der Waals surface area contributed by atoms with Crippen LogP contribution in [0.25, 0.3) is 111 Å². The first-order valence-corrected chi connectivity index (χ1v) is 41.8. The molecule has 0 fully saturated rings. The average Bonchev–Trinajstić information content (AvgIpc) is 0.776. The van der Waals surface area contributed by atoms with Crippen LogP contribution < -0.4 is 0 Å². The van der Waals surface area contributed by atoms with Crippen molar-refractivity contribution in [2.45, 2.75) is 40.8 Å². The number of halogens is 6. The Balaban J connectivity index is 0.000000248. The van der Waals surface area contributed by atoms with E-state index in [-0.39, 0.29) is 142 Å². The van der Waals surface area contributed by atoms with Gasteiger partial charge in [-0.2, -0.15) is 13.2 Å². The Labute approximate surface area is 894 Å². The van der Waals surface area contributed by atoms with Gasteiger partial charge in [0.05, 0.1) is 55.2 Å². The van der Waals surface area contributed by atoms with E-state index in [0.717, 1.165) is 130 Å². The summed E-state index contributed by atoms with van der Waals surface area (Å²) in [5, 5.41) is 51.1. The molecule has 20 rings (SSSR count). The van der Waals surface area contributed by atoms with Crippen LogP contribution in [-0.2, 0) is 108 Å². The number of carboxylic acids is 5. The van der Waals surface area contributed by atoms with Gasteiger partial charge in [-0.25, -0.2) is 54.2 Å². The summed E-state index contributed by atoms with van der Waals surface area (Å²) in [6.45, 7) is 9.45. The maximum absolute atomic E-state index is 12.9. The summed E-state index contributed by atoms with van der Waals surface area (Å²) in [6, 6.07) is 102. The largest absolute Gasteiger partial charge is 0.477 e. The van der Waals surface area contributed by atoms with Gasteiger partial charge < -0.3 is 25.5 Å². The Bertz CT molecular complexity index is 7070. The molecule has 0 saturated heterocycles. The molecule has 26 nitrogen and oxygen atoms in total. The molecule has 10 aromatic heterocycles. The van der Waals surface area contributed by atoms with E-state index in [1.54, 1.807) is 97.9 Å². The first kappa shape index (κ1) is 117. The number of alkyl halides is 3. The number of hydrogen-bond acceptors (Lipinski definition) is 21. The Kier molecular flexibility index (Phi) is 48.0. The average molecular weight is 2840 g/mol. The molecule has 0 aliphatic rings. The van der Waals surface area contributed by atoms with Gasteiger partial charge in [-0.1, -0.05) is 91.0 Å². The topological polar surface area (TPSA) is 404 Å². The minimum Gasteiger partial charge on any atom is -0.477 e. The summed E-state index contributed by atoms with van der Waals surface area (Å²) in [6.07, 6.45) is 2.88. The van der Waals surface area contributed by atoms with Crippen molar-refractivity contribution in [3.8, 4) is 62.4 Å². The van der Waals surface area contributed by atoms with Crippen molar-refractivity contribution in [3.63, 3.8) is 0 Å². The number of carbonyl (C=O) groups is 5. The molecule has 0 amide bonds. The molecular weight excluding hydrogens is 2760 g/mol. The second kappa shape index (κ2) is 58.8. The predicted molar refractivity (Wildman–Crippen MR) is 513 cm³/mol. The molecule has 10 heterocycles. The van der Waals surface area contributed by atoms with E-state index in [1.807, 2.05) is 167 Å². The minimum atomic E-state index is -4.36. The molecule has 0 bridgehead atoms. The number of rotatable bonds is 10. The number of nitriles is 1. The zero-order valence-electron chi connectivity index (χ0n) is 75.6. The van der Waals surface area contributed by atoms with E-state index in [0.29, 0.717) is 33.1 Å². The zero-order chi connectivity index (χ0) is 99.3. The number of benzene rings is 10. The fourth-order valence-electron chi connectivity index (χ4n) is 12.2. The van der Waals surface area contributed by atoms with Crippen LogP contribution in [0.5, 0.6) is 0 Å². The van der Waals surface area contributed by atoms with Crippen LogP contribution in [0.2, 0.25) is 5.02 Å². The number of aryl methyl sites for hydroxylation is 5. The quantitative estimate of drug-likeness (QED) is 0.0627. The van der Waals surface area contributed by atoms with E-state index < -0.39 is 41.6 Å². The van der Waals surface area contributed by atoms with Crippen LogP contribution >= 0.6 is 11.6 Å². The number of fused-ring (bicyclic) bond motifs is 5. The van der Waals surface area contributed by atoms with Crippen molar-refractivity contribution in [1.29, 1.82) is 5.26 Å². The third-order valence-corrected chi connectivity index (χ3v) is 19.1. The summed E-state index contributed by atoms with van der Waals surface area (Å²) in [4.78, 5) is 114. The van der Waals surface area contributed by atoms with Crippen LogP contribution in [0, 0.1) is 87.9 Å². The maximum atomic E-state index is 12.9. The SMILES string of the molecule is Cc1nc2ccccc2nc1-c1[c-]cc(C#N)cc1.Cc1nc2ccccc2nc1-c1[c-]cc(C(F)(F)F)cc1.Cc1nc2ccccc2nc1-c1[c-]cc(Cl)cc1.Cc1nc2ccccc2nc1-c1[c-]cc(F)cc1.Cc1nc2ccccc2nc1-c1[c-]cc(F)cc1.O=C(O)c1ccccn1.O=C(O)c1ccccn1.O=C(O)c1ccccn1.O=C(O)c1ccccn1.O=C(O)c1ccccn1.[Ir].[Ir].[Ir].[Ir].[Pt]. The molecule has 0 atom stereocenters. The molecule has 0 aliphatic heterocycles. The standard InChI is InChI=1S/C16H10F3N2.C16H10N3.C15H10ClN2.2C15H10FN2.5C6H5NO2.4Ir.Pt/c1-10-15(21-14-5-3-2-4-13(14)20-10)11-6-8-12(9-7-11)16(17,18)19;1-11-16(13-8-6-12(10-17)7-9-13)19-15-5-3-2-4-14(15)18-11;3*1-10-15(11-6-8-12(16)9-7-11)18-14-5-3-2-4-13(14)17-10;5*8-6(9)5-3-1-2-4-7-5;;;;;/h2-6,8-9H,1H3;2-8H,1H3;3*2-6,8-9H,1H3;5*1-4H,(H,8,9);;;;;/q5*-1;;;;;;;;;;. The Morgan fingerprint density at radius 1 is 0.285 bits per heavy atom. The van der Waals surface area contributed by atoms with Gasteiger partial charge in [0.2, 0.25) is 0 Å². The third-order valence-electron chi connectivity index (χ3n) is 18.8. The molecule has 0 saturated carbocycles. The molecule has 0 unspecified atom stereocenters. The number of nitrogens with zero attached hydrogens (tertiary/aromatic N) is 16. The van der Waals surface area contributed by atoms with Crippen LogP contribution in [0.1, 0.15) is 92.0 Å². The molecule has 10 aromatic carbocycles. The van der Waals surface area contributed by atoms with Crippen molar-refractivity contribution in [2.75, 3.05) is 0 Å². The molecule has 37 heteroatoms. The van der Waals surface area contributed by atoms with Crippen molar-refractivity contribution < 1.29 is 173 Å². The van der Waals surface area contributed by atoms with E-state index in [2.05, 4.69) is 111 Å². The second-order valence-corrected chi connectivity index (χ2v) is 29.1. The molecule has 20 aromatic rings. The molecule has 144 heavy (non-hydrogen) atoms. The van der Waals surface area contributed by atoms with Crippen LogP contribution in [0.4, 0.5) is 22.0 Å². The fourth-order valence-corrected chi connectivity index (χ4v) is 12.3. The van der Waals surface area contributed by atoms with Gasteiger partial charge in [-0.3, -0.25) is 58.6 Å². The Morgan fingerprint density at radius 3 is 0.660 bits per heavy atom. The molecule has 5 N–H and O–H groups in total. The van der Waals surface area contributed by atoms with E-state index >= 15 is 0 Å². The maximum Gasteiger partial charge on any atom is 0.381 e. The van der Waals surface area contributed by atoms with Crippen LogP contribution in [-0.4, -0.2) is 130 Å². The summed E-state index contributed by atoms with van der Waals surface area (Å²) < 4.78 is 63.5. The first-order valence-electron chi connectivity index (χ1n) is 41.4. The summed E-state index contributed by atoms with van der Waals surface area (Å²) in [5.41, 5.74) is 20.2. The smallest absolute Gasteiger partial charge is 0.381 e. The molecule has 736 valence electrons. The number of para-hydroxylation sites is 10. The van der Waals surface area contributed by atoms with Gasteiger partial charge in [0, 0.05) is 207 Å². The number of aromatic carboxylic acids is 5. The minimum absolute atomic E-state index is 0. The molecule has 0 spiro atoms. The Hall–Kier alpha value is -15.3. The number of hydrogen-bond donors (Lipinski definition) is 5. The van der Waals surface area contributed by atoms with Gasteiger partial charge in [0.1, 0.15) is 28.5 Å². The normalized spacial score (nSPS) is 9.90. The van der Waals surface area contributed by atoms with Crippen LogP contribution in [0.15, 0.2) is 334 Å². The van der Waals surface area contributed by atoms with Crippen molar-refractivity contribution in [2.24, 2.45) is 0 Å². The van der Waals surface area contributed by atoms with Crippen molar-refractivity contribution in [1.82, 2.24) is 74.8 Å². The van der Waals surface area contributed by atoms with E-state index in [4.69, 9.17) is 42.4 Å². The predicted octanol–water partition coefficient (Wildman–Crippen LogP) is 22.7. The summed E-state index contributed by atoms with van der Waals surface area (Å²) >= 11 is 5.87. The molecule has 4 radical (unpaired) electrons. The molecular formula is C107H75ClF5Ir4N16O10Pt-5. The van der Waals surface area contributed by atoms with Gasteiger partial charge in [-0.15, -0.1) is 161 Å². The van der Waals surface area contributed by atoms with E-state index in [9.17, 15) is 45.9 Å². The monoisotopic (exact) mass is 2840 g/mol. The summed E-state index contributed by atoms with van der Waals surface area (Å²) in [7, 11) is 0.